The molecule has 0 spiro atoms. The van der Waals surface area contributed by atoms with Crippen molar-refractivity contribution in [2.45, 2.75) is 19.8 Å². The van der Waals surface area contributed by atoms with Gasteiger partial charge in [-0.05, 0) is 42.7 Å². The molecule has 2 fully saturated rings. The van der Waals surface area contributed by atoms with Gasteiger partial charge in [-0.2, -0.15) is 0 Å². The molecule has 3 aromatic rings. The lowest BCUT2D eigenvalue weighted by molar-refractivity contribution is -0.582. The second-order valence-electron chi connectivity index (χ2n) is 11.0. The average molecular weight is 588 g/mol. The van der Waals surface area contributed by atoms with Crippen LogP contribution in [0.2, 0.25) is 0 Å². The van der Waals surface area contributed by atoms with E-state index in [4.69, 9.17) is 0 Å². The van der Waals surface area contributed by atoms with Crippen molar-refractivity contribution >= 4 is 40.7 Å². The minimum Gasteiger partial charge on any atom is -0.478 e. The zero-order chi connectivity index (χ0) is 29.3. The number of hydrogen-bond acceptors (Lipinski definition) is 3. The minimum atomic E-state index is -3.61. The van der Waals surface area contributed by atoms with Crippen molar-refractivity contribution in [1.29, 1.82) is 0 Å². The summed E-state index contributed by atoms with van der Waals surface area (Å²) in [6, 6.07) is 14.4. The fraction of sp³-hybridized carbons (Fsp3) is 0.212. The van der Waals surface area contributed by atoms with Crippen LogP contribution in [0.5, 0.6) is 0 Å². The number of anilines is 1. The fourth-order valence-electron chi connectivity index (χ4n) is 6.20. The Morgan fingerprint density at radius 2 is 1.69 bits per heavy atom. The van der Waals surface area contributed by atoms with Crippen LogP contribution in [-0.4, -0.2) is 47.5 Å². The van der Waals surface area contributed by atoms with Crippen LogP contribution in [0.4, 0.5) is 18.9 Å². The molecule has 3 aliphatic heterocycles. The Hall–Kier alpha value is -4.16. The summed E-state index contributed by atoms with van der Waals surface area (Å²) in [5.41, 5.74) is 0.201. The monoisotopic (exact) mass is 587 g/mol. The van der Waals surface area contributed by atoms with Crippen molar-refractivity contribution in [1.82, 2.24) is 0 Å². The molecule has 0 radical (unpaired) electrons. The number of allylic oxidation sites excluding steroid dienone is 5. The lowest BCUT2D eigenvalue weighted by Crippen LogP contribution is -2.38. The highest BCUT2D eigenvalue weighted by Gasteiger charge is 2.45. The highest BCUT2D eigenvalue weighted by atomic mass is 31.2. The molecule has 7 rings (SSSR count). The number of aromatic carboxylic acids is 1. The van der Waals surface area contributed by atoms with E-state index in [1.54, 1.807) is 24.3 Å². The molecule has 0 saturated carbocycles. The van der Waals surface area contributed by atoms with Crippen LogP contribution >= 0.6 is 7.14 Å². The van der Waals surface area contributed by atoms with Gasteiger partial charge in [0.15, 0.2) is 18.8 Å². The maximum absolute atomic E-state index is 16.1. The van der Waals surface area contributed by atoms with Crippen molar-refractivity contribution in [3.63, 3.8) is 0 Å². The predicted molar refractivity (Wildman–Crippen MR) is 157 cm³/mol. The molecule has 0 amide bonds. The highest BCUT2D eigenvalue weighted by Crippen LogP contribution is 2.62. The largest absolute Gasteiger partial charge is 0.478 e. The van der Waals surface area contributed by atoms with Gasteiger partial charge in [-0.15, -0.1) is 0 Å². The van der Waals surface area contributed by atoms with Gasteiger partial charge in [0, 0.05) is 63.6 Å². The third-order valence-corrected chi connectivity index (χ3v) is 11.9. The second-order valence-corrected chi connectivity index (χ2v) is 13.7. The molecule has 1 aliphatic carbocycles. The molecule has 1 unspecified atom stereocenters. The molecule has 3 heterocycles. The number of halogens is 3. The SMILES string of the molecule is Cc1c(F)c(F)c(C(=O)O)c(C2=C3C=CC(=[N+]4CCC4)C=C3P(=O)(c3ccccc3)c3cc(N4CCC4)ccc32)c1F. The van der Waals surface area contributed by atoms with E-state index in [-0.39, 0.29) is 5.57 Å². The van der Waals surface area contributed by atoms with Gasteiger partial charge in [-0.25, -0.2) is 22.5 Å². The number of carboxylic acid groups (broad SMARTS) is 1. The Kier molecular flexibility index (Phi) is 6.17. The first-order valence-corrected chi connectivity index (χ1v) is 15.7. The molecule has 1 N–H and O–H groups in total. The number of benzene rings is 3. The number of carboxylic acids is 1. The quantitative estimate of drug-likeness (QED) is 0.240. The number of rotatable bonds is 4. The molecular formula is C33H27F3N2O3P+. The highest BCUT2D eigenvalue weighted by molar-refractivity contribution is 7.83. The first-order valence-electron chi connectivity index (χ1n) is 13.9. The van der Waals surface area contributed by atoms with Crippen LogP contribution in [0.15, 0.2) is 77.6 Å². The summed E-state index contributed by atoms with van der Waals surface area (Å²) in [6.45, 7) is 4.42. The standard InChI is InChI=1S/C33H26F3N2O3P/c1-19-30(34)28(29(33(39)40)32(36)31(19)35)27-23-11-9-20(37-13-5-14-37)17-25(23)42(41,22-7-3-2-4-8-22)26-18-21(10-12-24(26)27)38-15-6-16-38/h2-4,7-12,17-18H,5-6,13-16H2,1H3/p+1. The first-order chi connectivity index (χ1) is 20.2. The van der Waals surface area contributed by atoms with Crippen molar-refractivity contribution < 1.29 is 32.2 Å². The Balaban J connectivity index is 1.64. The van der Waals surface area contributed by atoms with Crippen LogP contribution in [0.3, 0.4) is 0 Å². The molecular weight excluding hydrogens is 560 g/mol. The van der Waals surface area contributed by atoms with E-state index >= 15 is 13.3 Å². The van der Waals surface area contributed by atoms with Crippen molar-refractivity contribution in [2.24, 2.45) is 0 Å². The summed E-state index contributed by atoms with van der Waals surface area (Å²) in [5.74, 6) is -6.12. The molecule has 5 nitrogen and oxygen atoms in total. The third-order valence-electron chi connectivity index (χ3n) is 8.75. The van der Waals surface area contributed by atoms with E-state index in [1.807, 2.05) is 42.5 Å². The van der Waals surface area contributed by atoms with E-state index in [0.717, 1.165) is 57.3 Å². The summed E-state index contributed by atoms with van der Waals surface area (Å²) in [5, 5.41) is 11.5. The topological polar surface area (TPSA) is 60.6 Å². The zero-order valence-corrected chi connectivity index (χ0v) is 23.7. The lowest BCUT2D eigenvalue weighted by atomic mass is 9.85. The van der Waals surface area contributed by atoms with Gasteiger partial charge >= 0.3 is 5.97 Å². The Morgan fingerprint density at radius 1 is 0.952 bits per heavy atom. The van der Waals surface area contributed by atoms with Gasteiger partial charge in [0.25, 0.3) is 0 Å². The number of fused-ring (bicyclic) bond motifs is 2. The molecule has 42 heavy (non-hydrogen) atoms. The van der Waals surface area contributed by atoms with Crippen molar-refractivity contribution in [3.8, 4) is 0 Å². The minimum absolute atomic E-state index is 0.0876. The van der Waals surface area contributed by atoms with Crippen LogP contribution in [0.25, 0.3) is 5.57 Å². The maximum Gasteiger partial charge on any atom is 0.339 e. The van der Waals surface area contributed by atoms with E-state index in [2.05, 4.69) is 9.48 Å². The Labute approximate surface area is 241 Å². The maximum atomic E-state index is 16.1. The fourth-order valence-corrected chi connectivity index (χ4v) is 9.29. The molecule has 0 bridgehead atoms. The Bertz CT molecular complexity index is 1880. The second kappa shape index (κ2) is 9.70. The van der Waals surface area contributed by atoms with Crippen LogP contribution in [0.1, 0.15) is 39.9 Å². The summed E-state index contributed by atoms with van der Waals surface area (Å²) in [7, 11) is -3.61. The molecule has 3 aromatic carbocycles. The van der Waals surface area contributed by atoms with Gasteiger partial charge in [0.05, 0.1) is 6.42 Å². The van der Waals surface area contributed by atoms with Gasteiger partial charge < -0.3 is 14.6 Å². The normalized spacial score (nSPS) is 21.0. The molecule has 0 aromatic heterocycles. The summed E-state index contributed by atoms with van der Waals surface area (Å²) in [6.07, 6.45) is 7.43. The molecule has 9 heteroatoms. The molecule has 4 aliphatic rings. The van der Waals surface area contributed by atoms with Gasteiger partial charge in [-0.3, -0.25) is 0 Å². The summed E-state index contributed by atoms with van der Waals surface area (Å²) < 4.78 is 64.0. The van der Waals surface area contributed by atoms with E-state index in [9.17, 15) is 14.3 Å². The van der Waals surface area contributed by atoms with Crippen LogP contribution in [0, 0.1) is 24.4 Å². The van der Waals surface area contributed by atoms with E-state index in [0.29, 0.717) is 27.1 Å². The molecule has 1 atom stereocenters. The lowest BCUT2D eigenvalue weighted by Gasteiger charge is -2.37. The van der Waals surface area contributed by atoms with Crippen LogP contribution < -0.4 is 15.5 Å². The van der Waals surface area contributed by atoms with Gasteiger partial charge in [-0.1, -0.05) is 36.4 Å². The molecule has 2 saturated heterocycles. The third kappa shape index (κ3) is 3.74. The summed E-state index contributed by atoms with van der Waals surface area (Å²) >= 11 is 0. The van der Waals surface area contributed by atoms with Crippen molar-refractivity contribution in [3.05, 3.63) is 117 Å². The van der Waals surface area contributed by atoms with Crippen LogP contribution in [-0.2, 0) is 4.57 Å². The predicted octanol–water partition coefficient (Wildman–Crippen LogP) is 5.76. The smallest absolute Gasteiger partial charge is 0.339 e. The van der Waals surface area contributed by atoms with Crippen molar-refractivity contribution in [2.75, 3.05) is 31.1 Å². The van der Waals surface area contributed by atoms with E-state index < -0.39 is 47.3 Å². The Morgan fingerprint density at radius 3 is 2.31 bits per heavy atom. The number of hydrogen-bond donors (Lipinski definition) is 1. The zero-order valence-electron chi connectivity index (χ0n) is 22.8. The van der Waals surface area contributed by atoms with Gasteiger partial charge in [0.1, 0.15) is 24.5 Å². The van der Waals surface area contributed by atoms with E-state index in [1.165, 1.54) is 0 Å². The van der Waals surface area contributed by atoms with Gasteiger partial charge in [0.2, 0.25) is 5.71 Å². The summed E-state index contributed by atoms with van der Waals surface area (Å²) in [4.78, 5) is 14.5. The number of carbonyl (C=O) groups is 1. The average Bonchev–Trinajstić information content (AvgIpc) is 2.93. The first kappa shape index (κ1) is 26.7. The molecule has 212 valence electrons. The number of nitrogens with zero attached hydrogens (tertiary/aromatic N) is 2.